The van der Waals surface area contributed by atoms with Crippen molar-refractivity contribution in [2.75, 3.05) is 0 Å². The maximum absolute atomic E-state index is 12.5. The number of unbranched alkanes of at least 4 members (excludes halogenated alkanes) is 6. The third-order valence-electron chi connectivity index (χ3n) is 13.7. The van der Waals surface area contributed by atoms with E-state index in [9.17, 15) is 4.79 Å². The maximum Gasteiger partial charge on any atom is 0.132 e. The van der Waals surface area contributed by atoms with E-state index in [1.54, 1.807) is 0 Å². The minimum atomic E-state index is 0.512. The van der Waals surface area contributed by atoms with Crippen LogP contribution in [0, 0.1) is 11.8 Å². The number of benzene rings is 4. The topological polar surface area (TPSA) is 17.1 Å². The van der Waals surface area contributed by atoms with E-state index in [2.05, 4.69) is 111 Å². The van der Waals surface area contributed by atoms with Gasteiger partial charge in [-0.1, -0.05) is 175 Å². The summed E-state index contributed by atoms with van der Waals surface area (Å²) in [4.78, 5) is 12.5. The first kappa shape index (κ1) is 42.2. The highest BCUT2D eigenvalue weighted by Gasteiger charge is 2.23. The highest BCUT2D eigenvalue weighted by atomic mass is 16.1. The lowest BCUT2D eigenvalue weighted by molar-refractivity contribution is -0.119. The zero-order chi connectivity index (χ0) is 38.8. The van der Waals surface area contributed by atoms with Crippen LogP contribution in [0.3, 0.4) is 0 Å². The second-order valence-corrected chi connectivity index (χ2v) is 18.0. The minimum absolute atomic E-state index is 0.512. The number of ketones is 1. The number of rotatable bonds is 22. The lowest BCUT2D eigenvalue weighted by atomic mass is 9.77. The molecule has 0 atom stereocenters. The van der Waals surface area contributed by atoms with E-state index in [0.717, 1.165) is 49.4 Å². The fourth-order valence-corrected chi connectivity index (χ4v) is 10.1. The Morgan fingerprint density at radius 3 is 1.07 bits per heavy atom. The van der Waals surface area contributed by atoms with Gasteiger partial charge >= 0.3 is 0 Å². The highest BCUT2D eigenvalue weighted by Crippen LogP contribution is 2.40. The molecule has 6 rings (SSSR count). The number of carbonyl (C=O) groups is 1. The van der Waals surface area contributed by atoms with Crippen LogP contribution >= 0.6 is 0 Å². The normalized spacial score (nSPS) is 19.9. The van der Waals surface area contributed by atoms with Gasteiger partial charge in [0.25, 0.3) is 0 Å². The summed E-state index contributed by atoms with van der Waals surface area (Å²) in [7, 11) is 0. The Morgan fingerprint density at radius 2 is 0.732 bits per heavy atom. The molecular formula is C55H74O. The minimum Gasteiger partial charge on any atom is -0.300 e. The number of Topliss-reactive ketones (excluding diaryl/α,β-unsaturated/α-hetero) is 1. The Balaban J connectivity index is 0.738. The molecule has 4 aromatic carbocycles. The molecule has 300 valence electrons. The molecule has 0 aliphatic heterocycles. The Bertz CT molecular complexity index is 1540. The smallest absolute Gasteiger partial charge is 0.132 e. The quantitative estimate of drug-likeness (QED) is 0.0731. The Kier molecular flexibility index (Phi) is 17.4. The zero-order valence-corrected chi connectivity index (χ0v) is 35.4. The fourth-order valence-electron chi connectivity index (χ4n) is 10.1. The Labute approximate surface area is 342 Å². The zero-order valence-electron chi connectivity index (χ0n) is 35.4. The molecule has 0 radical (unpaired) electrons. The third-order valence-corrected chi connectivity index (χ3v) is 13.7. The molecule has 2 fully saturated rings. The van der Waals surface area contributed by atoms with Gasteiger partial charge < -0.3 is 0 Å². The van der Waals surface area contributed by atoms with Crippen LogP contribution in [-0.4, -0.2) is 5.78 Å². The van der Waals surface area contributed by atoms with Gasteiger partial charge in [-0.05, 0) is 145 Å². The van der Waals surface area contributed by atoms with Crippen LogP contribution in [0.5, 0.6) is 0 Å². The number of aryl methyl sites for hydroxylation is 2. The van der Waals surface area contributed by atoms with Gasteiger partial charge in [0.1, 0.15) is 5.78 Å². The van der Waals surface area contributed by atoms with E-state index in [1.165, 1.54) is 173 Å². The summed E-state index contributed by atoms with van der Waals surface area (Å²) in [6.07, 6.45) is 30.0. The highest BCUT2D eigenvalue weighted by molar-refractivity contribution is 5.78. The SMILES string of the molecule is CCCc1ccc(-c2ccc(C3CCC(CCCCCCC(=O)CCCCCC[C@H]4CC[C@H](c5ccc(-c6ccc(CCC)cc6)cc5)CC4)CC3)cc2)cc1. The van der Waals surface area contributed by atoms with Crippen molar-refractivity contribution >= 4 is 5.78 Å². The van der Waals surface area contributed by atoms with Crippen LogP contribution < -0.4 is 0 Å². The molecule has 0 aromatic heterocycles. The predicted molar refractivity (Wildman–Crippen MR) is 242 cm³/mol. The molecule has 2 aliphatic rings. The Hall–Kier alpha value is -3.45. The van der Waals surface area contributed by atoms with Crippen molar-refractivity contribution in [3.8, 4) is 22.3 Å². The van der Waals surface area contributed by atoms with Crippen LogP contribution in [0.2, 0.25) is 0 Å². The van der Waals surface area contributed by atoms with Gasteiger partial charge in [-0.2, -0.15) is 0 Å². The van der Waals surface area contributed by atoms with Crippen molar-refractivity contribution < 1.29 is 4.79 Å². The largest absolute Gasteiger partial charge is 0.300 e. The van der Waals surface area contributed by atoms with Crippen molar-refractivity contribution in [2.24, 2.45) is 11.8 Å². The van der Waals surface area contributed by atoms with Gasteiger partial charge in [0.15, 0.2) is 0 Å². The molecule has 2 aliphatic carbocycles. The first-order valence-corrected chi connectivity index (χ1v) is 23.5. The van der Waals surface area contributed by atoms with Gasteiger partial charge in [0.2, 0.25) is 0 Å². The van der Waals surface area contributed by atoms with Crippen molar-refractivity contribution in [1.29, 1.82) is 0 Å². The number of hydrogen-bond donors (Lipinski definition) is 0. The molecule has 0 unspecified atom stereocenters. The van der Waals surface area contributed by atoms with E-state index in [1.807, 2.05) is 0 Å². The van der Waals surface area contributed by atoms with Crippen molar-refractivity contribution in [3.05, 3.63) is 119 Å². The summed E-state index contributed by atoms with van der Waals surface area (Å²) in [6.45, 7) is 4.49. The van der Waals surface area contributed by atoms with Crippen LogP contribution in [0.4, 0.5) is 0 Å². The van der Waals surface area contributed by atoms with Crippen molar-refractivity contribution in [1.82, 2.24) is 0 Å². The average Bonchev–Trinajstić information content (AvgIpc) is 3.25. The van der Waals surface area contributed by atoms with E-state index < -0.39 is 0 Å². The second kappa shape index (κ2) is 23.1. The number of hydrogen-bond acceptors (Lipinski definition) is 1. The molecule has 0 saturated heterocycles. The molecule has 0 N–H and O–H groups in total. The van der Waals surface area contributed by atoms with Crippen molar-refractivity contribution in [3.63, 3.8) is 0 Å². The summed E-state index contributed by atoms with van der Waals surface area (Å²) in [5.41, 5.74) is 11.3. The lowest BCUT2D eigenvalue weighted by Gasteiger charge is -2.29. The van der Waals surface area contributed by atoms with E-state index in [0.29, 0.717) is 5.78 Å². The Morgan fingerprint density at radius 1 is 0.411 bits per heavy atom. The van der Waals surface area contributed by atoms with Crippen LogP contribution in [0.1, 0.15) is 189 Å². The summed E-state index contributed by atoms with van der Waals surface area (Å²) in [5, 5.41) is 0. The first-order chi connectivity index (χ1) is 27.6. The van der Waals surface area contributed by atoms with Gasteiger partial charge in [-0.15, -0.1) is 0 Å². The van der Waals surface area contributed by atoms with Crippen LogP contribution in [0.25, 0.3) is 22.3 Å². The van der Waals surface area contributed by atoms with Gasteiger partial charge in [-0.25, -0.2) is 0 Å². The van der Waals surface area contributed by atoms with E-state index in [4.69, 9.17) is 0 Å². The van der Waals surface area contributed by atoms with Gasteiger partial charge in [0.05, 0.1) is 0 Å². The first-order valence-electron chi connectivity index (χ1n) is 23.5. The number of carbonyl (C=O) groups excluding carboxylic acids is 1. The molecule has 4 aromatic rings. The third kappa shape index (κ3) is 13.3. The van der Waals surface area contributed by atoms with Crippen molar-refractivity contribution in [2.45, 2.75) is 180 Å². The summed E-state index contributed by atoms with van der Waals surface area (Å²) >= 11 is 0. The van der Waals surface area contributed by atoms with Gasteiger partial charge in [0, 0.05) is 12.8 Å². The summed E-state index contributed by atoms with van der Waals surface area (Å²) in [6, 6.07) is 37.2. The van der Waals surface area contributed by atoms with E-state index >= 15 is 0 Å². The molecule has 56 heavy (non-hydrogen) atoms. The van der Waals surface area contributed by atoms with Gasteiger partial charge in [-0.3, -0.25) is 4.79 Å². The molecule has 1 nitrogen and oxygen atoms in total. The standard InChI is InChI=1S/C55H74O/c1-3-13-43-19-27-47(28-20-43)51-35-39-53(40-36-51)49-31-23-45(24-32-49)15-9-5-7-11-17-55(56)18-12-8-6-10-16-46-25-33-50(34-26-46)54-41-37-52(38-42-54)48-29-21-44(14-4-2)22-30-48/h19-22,27-30,35-42,45-46,49-50H,3-18,23-26,31-34H2,1-2H3/t45-,46?,49-,50?. The van der Waals surface area contributed by atoms with Crippen LogP contribution in [0.15, 0.2) is 97.1 Å². The van der Waals surface area contributed by atoms with Crippen LogP contribution in [-0.2, 0) is 17.6 Å². The van der Waals surface area contributed by atoms with E-state index in [-0.39, 0.29) is 0 Å². The predicted octanol–water partition coefficient (Wildman–Crippen LogP) is 16.4. The monoisotopic (exact) mass is 751 g/mol. The average molecular weight is 751 g/mol. The summed E-state index contributed by atoms with van der Waals surface area (Å²) in [5.74, 6) is 3.80. The molecule has 0 heterocycles. The summed E-state index contributed by atoms with van der Waals surface area (Å²) < 4.78 is 0. The lowest BCUT2D eigenvalue weighted by Crippen LogP contribution is -2.13. The second-order valence-electron chi connectivity index (χ2n) is 18.0. The maximum atomic E-state index is 12.5. The molecule has 1 heteroatoms. The molecule has 2 saturated carbocycles. The molecule has 0 bridgehead atoms. The molecular weight excluding hydrogens is 677 g/mol. The molecule has 0 amide bonds. The fraction of sp³-hybridized carbons (Fsp3) is 0.545. The molecule has 0 spiro atoms.